The van der Waals surface area contributed by atoms with Crippen molar-refractivity contribution in [2.45, 2.75) is 32.0 Å². The minimum Gasteiger partial charge on any atom is -0.398 e. The molecule has 0 amide bonds. The van der Waals surface area contributed by atoms with E-state index in [1.54, 1.807) is 11.8 Å². The van der Waals surface area contributed by atoms with Crippen LogP contribution in [0.15, 0.2) is 23.1 Å². The molecule has 0 aliphatic heterocycles. The summed E-state index contributed by atoms with van der Waals surface area (Å²) >= 11 is 1.72. The average molecular weight is 255 g/mol. The van der Waals surface area contributed by atoms with Crippen molar-refractivity contribution in [2.75, 3.05) is 24.7 Å². The van der Waals surface area contributed by atoms with Crippen LogP contribution in [0.3, 0.4) is 0 Å². The first-order chi connectivity index (χ1) is 8.19. The smallest absolute Gasteiger partial charge is 0.166 e. The first-order valence-corrected chi connectivity index (χ1v) is 6.88. The zero-order chi connectivity index (χ0) is 12.7. The largest absolute Gasteiger partial charge is 0.398 e. The van der Waals surface area contributed by atoms with Crippen molar-refractivity contribution < 1.29 is 9.47 Å². The summed E-state index contributed by atoms with van der Waals surface area (Å²) in [7, 11) is 0. The van der Waals surface area contributed by atoms with Crippen molar-refractivity contribution in [2.24, 2.45) is 0 Å². The van der Waals surface area contributed by atoms with E-state index < -0.39 is 0 Å². The normalized spacial score (nSPS) is 11.1. The predicted molar refractivity (Wildman–Crippen MR) is 73.4 cm³/mol. The van der Waals surface area contributed by atoms with Gasteiger partial charge in [-0.15, -0.1) is 11.8 Å². The monoisotopic (exact) mass is 255 g/mol. The Morgan fingerprint density at radius 1 is 1.24 bits per heavy atom. The van der Waals surface area contributed by atoms with Crippen LogP contribution in [0.2, 0.25) is 0 Å². The van der Waals surface area contributed by atoms with Gasteiger partial charge in [-0.25, -0.2) is 0 Å². The van der Waals surface area contributed by atoms with Crippen LogP contribution in [-0.2, 0) is 9.47 Å². The number of nitrogen functional groups attached to an aromatic ring is 1. The zero-order valence-corrected chi connectivity index (χ0v) is 11.5. The van der Waals surface area contributed by atoms with Gasteiger partial charge >= 0.3 is 0 Å². The number of ether oxygens (including phenoxy) is 2. The fourth-order valence-electron chi connectivity index (χ4n) is 1.46. The Hall–Kier alpha value is -0.710. The molecule has 1 rings (SSSR count). The third kappa shape index (κ3) is 4.58. The van der Waals surface area contributed by atoms with Gasteiger partial charge in [0, 0.05) is 29.5 Å². The molecule has 0 heterocycles. The molecule has 0 atom stereocenters. The number of hydrogen-bond donors (Lipinski definition) is 1. The molecule has 0 aromatic heterocycles. The minimum atomic E-state index is -0.143. The number of hydrogen-bond acceptors (Lipinski definition) is 4. The summed E-state index contributed by atoms with van der Waals surface area (Å²) in [6.45, 7) is 7.32. The van der Waals surface area contributed by atoms with Crippen molar-refractivity contribution in [1.29, 1.82) is 0 Å². The number of rotatable bonds is 7. The van der Waals surface area contributed by atoms with Crippen molar-refractivity contribution >= 4 is 17.4 Å². The highest BCUT2D eigenvalue weighted by atomic mass is 32.2. The Morgan fingerprint density at radius 2 is 1.88 bits per heavy atom. The Labute approximate surface area is 108 Å². The van der Waals surface area contributed by atoms with Crippen LogP contribution in [0.1, 0.15) is 19.4 Å². The predicted octanol–water partition coefficient (Wildman–Crippen LogP) is 3.07. The first-order valence-electron chi connectivity index (χ1n) is 5.90. The molecular weight excluding hydrogens is 234 g/mol. The van der Waals surface area contributed by atoms with E-state index in [-0.39, 0.29) is 6.29 Å². The maximum atomic E-state index is 5.87. The van der Waals surface area contributed by atoms with Crippen molar-refractivity contribution in [3.63, 3.8) is 0 Å². The van der Waals surface area contributed by atoms with Crippen LogP contribution in [-0.4, -0.2) is 25.3 Å². The summed E-state index contributed by atoms with van der Waals surface area (Å²) in [6, 6.07) is 5.97. The van der Waals surface area contributed by atoms with Crippen molar-refractivity contribution in [3.05, 3.63) is 23.8 Å². The number of nitrogens with two attached hydrogens (primary N) is 1. The Morgan fingerprint density at radius 3 is 2.47 bits per heavy atom. The van der Waals surface area contributed by atoms with Crippen LogP contribution in [0, 0.1) is 6.92 Å². The highest BCUT2D eigenvalue weighted by Gasteiger charge is 2.10. The summed E-state index contributed by atoms with van der Waals surface area (Å²) < 4.78 is 11.0. The lowest BCUT2D eigenvalue weighted by Crippen LogP contribution is -2.20. The first kappa shape index (κ1) is 14.4. The number of anilines is 1. The molecule has 96 valence electrons. The highest BCUT2D eigenvalue weighted by molar-refractivity contribution is 7.99. The molecule has 1 aromatic rings. The second-order valence-corrected chi connectivity index (χ2v) is 4.68. The number of benzene rings is 1. The van der Waals surface area contributed by atoms with Crippen LogP contribution in [0.25, 0.3) is 0 Å². The molecule has 0 aliphatic rings. The highest BCUT2D eigenvalue weighted by Crippen LogP contribution is 2.27. The van der Waals surface area contributed by atoms with E-state index in [4.69, 9.17) is 15.2 Å². The van der Waals surface area contributed by atoms with Gasteiger partial charge in [-0.05, 0) is 38.5 Å². The SMILES string of the molecule is CCOC(CSc1cccc(N)c1C)OCC. The van der Waals surface area contributed by atoms with E-state index in [9.17, 15) is 0 Å². The van der Waals surface area contributed by atoms with Gasteiger partial charge in [-0.2, -0.15) is 0 Å². The topological polar surface area (TPSA) is 44.5 Å². The maximum Gasteiger partial charge on any atom is 0.166 e. The lowest BCUT2D eigenvalue weighted by Gasteiger charge is -2.17. The molecule has 0 spiro atoms. The average Bonchev–Trinajstić information content (AvgIpc) is 2.31. The van der Waals surface area contributed by atoms with E-state index in [0.717, 1.165) is 17.0 Å². The molecule has 0 unspecified atom stereocenters. The Balaban J connectivity index is 2.55. The molecule has 4 heteroatoms. The van der Waals surface area contributed by atoms with Gasteiger partial charge in [-0.3, -0.25) is 0 Å². The Bertz CT molecular complexity index is 338. The van der Waals surface area contributed by atoms with Crippen LogP contribution >= 0.6 is 11.8 Å². The second-order valence-electron chi connectivity index (χ2n) is 3.62. The fraction of sp³-hybridized carbons (Fsp3) is 0.538. The van der Waals surface area contributed by atoms with E-state index in [2.05, 4.69) is 6.07 Å². The van der Waals surface area contributed by atoms with E-state index >= 15 is 0 Å². The van der Waals surface area contributed by atoms with Crippen LogP contribution in [0.5, 0.6) is 0 Å². The summed E-state index contributed by atoms with van der Waals surface area (Å²) in [5, 5.41) is 0. The fourth-order valence-corrected chi connectivity index (χ4v) is 2.48. The van der Waals surface area contributed by atoms with Crippen molar-refractivity contribution in [3.8, 4) is 0 Å². The zero-order valence-electron chi connectivity index (χ0n) is 10.7. The van der Waals surface area contributed by atoms with E-state index in [1.165, 1.54) is 4.90 Å². The molecule has 0 saturated heterocycles. The van der Waals surface area contributed by atoms with Gasteiger partial charge in [0.25, 0.3) is 0 Å². The summed E-state index contributed by atoms with van der Waals surface area (Å²) in [5.41, 5.74) is 7.83. The molecule has 3 nitrogen and oxygen atoms in total. The van der Waals surface area contributed by atoms with E-state index in [0.29, 0.717) is 13.2 Å². The molecular formula is C13H21NO2S. The van der Waals surface area contributed by atoms with Crippen LogP contribution in [0.4, 0.5) is 5.69 Å². The maximum absolute atomic E-state index is 5.87. The molecule has 0 bridgehead atoms. The van der Waals surface area contributed by atoms with Crippen LogP contribution < -0.4 is 5.73 Å². The van der Waals surface area contributed by atoms with Gasteiger partial charge in [0.2, 0.25) is 0 Å². The minimum absolute atomic E-state index is 0.143. The van der Waals surface area contributed by atoms with Crippen molar-refractivity contribution in [1.82, 2.24) is 0 Å². The molecule has 0 aliphatic carbocycles. The van der Waals surface area contributed by atoms with Gasteiger partial charge < -0.3 is 15.2 Å². The van der Waals surface area contributed by atoms with E-state index in [1.807, 2.05) is 32.9 Å². The molecule has 2 N–H and O–H groups in total. The third-order valence-electron chi connectivity index (χ3n) is 2.41. The quantitative estimate of drug-likeness (QED) is 0.462. The summed E-state index contributed by atoms with van der Waals surface area (Å²) in [5.74, 6) is 0.784. The lowest BCUT2D eigenvalue weighted by atomic mass is 10.2. The second kappa shape index (κ2) is 7.58. The summed E-state index contributed by atoms with van der Waals surface area (Å²) in [4.78, 5) is 1.19. The molecule has 0 fully saturated rings. The standard InChI is InChI=1S/C13H21NO2S/c1-4-15-13(16-5-2)9-17-12-8-6-7-11(14)10(12)3/h6-8,13H,4-5,9,14H2,1-3H3. The third-order valence-corrected chi connectivity index (χ3v) is 3.60. The molecule has 0 radical (unpaired) electrons. The van der Waals surface area contributed by atoms with Gasteiger partial charge in [0.05, 0.1) is 0 Å². The van der Waals surface area contributed by atoms with Gasteiger partial charge in [0.1, 0.15) is 0 Å². The molecule has 1 aromatic carbocycles. The molecule has 0 saturated carbocycles. The Kier molecular flexibility index (Phi) is 6.40. The van der Waals surface area contributed by atoms with Gasteiger partial charge in [0.15, 0.2) is 6.29 Å². The summed E-state index contributed by atoms with van der Waals surface area (Å²) in [6.07, 6.45) is -0.143. The lowest BCUT2D eigenvalue weighted by molar-refractivity contribution is -0.120. The number of thioether (sulfide) groups is 1. The van der Waals surface area contributed by atoms with Gasteiger partial charge in [-0.1, -0.05) is 6.07 Å². The molecule has 17 heavy (non-hydrogen) atoms.